The van der Waals surface area contributed by atoms with Crippen molar-refractivity contribution in [1.29, 1.82) is 0 Å². The molecule has 0 aromatic heterocycles. The second-order valence-electron chi connectivity index (χ2n) is 1.18. The van der Waals surface area contributed by atoms with Gasteiger partial charge in [0.15, 0.2) is 0 Å². The maximum absolute atomic E-state index is 3.96. The summed E-state index contributed by atoms with van der Waals surface area (Å²) < 4.78 is 0. The van der Waals surface area contributed by atoms with E-state index in [-0.39, 0.29) is 0 Å². The highest BCUT2D eigenvalue weighted by Gasteiger charge is 1.81. The molecule has 7 heavy (non-hydrogen) atoms. The largest absolute Gasteiger partial charge is 0.287 e. The molecule has 0 amide bonds. The van der Waals surface area contributed by atoms with Gasteiger partial charge in [0.25, 0.3) is 0 Å². The van der Waals surface area contributed by atoms with Crippen LogP contribution in [0, 0.1) is 0 Å². The third-order valence-corrected chi connectivity index (χ3v) is 1.56. The van der Waals surface area contributed by atoms with Crippen LogP contribution in [0.25, 0.3) is 0 Å². The Morgan fingerprint density at radius 1 is 1.71 bits per heavy atom. The van der Waals surface area contributed by atoms with E-state index in [4.69, 9.17) is 0 Å². The number of nitrogens with zero attached hydrogens (tertiary/aromatic N) is 1. The van der Waals surface area contributed by atoms with E-state index in [0.29, 0.717) is 0 Å². The highest BCUT2D eigenvalue weighted by atomic mass is 32.2. The smallest absolute Gasteiger partial charge is 0.0641 e. The first kappa shape index (κ1) is 7.02. The van der Waals surface area contributed by atoms with Gasteiger partial charge in [-0.15, -0.1) is 11.8 Å². The summed E-state index contributed by atoms with van der Waals surface area (Å²) in [7, 11) is 1.82. The maximum atomic E-state index is 3.96. The van der Waals surface area contributed by atoms with Gasteiger partial charge in [0, 0.05) is 7.05 Å². The molecule has 0 spiro atoms. The highest BCUT2D eigenvalue weighted by molar-refractivity contribution is 8.13. The van der Waals surface area contributed by atoms with Gasteiger partial charge < -0.3 is 0 Å². The van der Waals surface area contributed by atoms with Crippen LogP contribution >= 0.6 is 11.8 Å². The van der Waals surface area contributed by atoms with Crippen LogP contribution in [-0.2, 0) is 0 Å². The molecule has 0 heterocycles. The lowest BCUT2D eigenvalue weighted by Crippen LogP contribution is -1.81. The highest BCUT2D eigenvalue weighted by Crippen LogP contribution is 1.99. The van der Waals surface area contributed by atoms with E-state index in [0.717, 1.165) is 5.75 Å². The Labute approximate surface area is 49.2 Å². The zero-order valence-corrected chi connectivity index (χ0v) is 5.88. The van der Waals surface area contributed by atoms with E-state index in [1.807, 2.05) is 14.0 Å². The molecule has 0 aromatic carbocycles. The third-order valence-electron chi connectivity index (χ3n) is 0.668. The zero-order chi connectivity index (χ0) is 5.70. The SMILES string of the molecule is CCS/C(C)=N\C. The second kappa shape index (κ2) is 4.19. The van der Waals surface area contributed by atoms with Gasteiger partial charge in [-0.05, 0) is 12.7 Å². The van der Waals surface area contributed by atoms with Crippen molar-refractivity contribution in [3.63, 3.8) is 0 Å². The Bertz CT molecular complexity index is 68.5. The van der Waals surface area contributed by atoms with Gasteiger partial charge >= 0.3 is 0 Å². The fraction of sp³-hybridized carbons (Fsp3) is 0.800. The van der Waals surface area contributed by atoms with Gasteiger partial charge in [-0.1, -0.05) is 6.92 Å². The van der Waals surface area contributed by atoms with Crippen LogP contribution in [0.2, 0.25) is 0 Å². The molecule has 1 nitrogen and oxygen atoms in total. The Kier molecular flexibility index (Phi) is 4.20. The van der Waals surface area contributed by atoms with Crippen LogP contribution in [0.1, 0.15) is 13.8 Å². The van der Waals surface area contributed by atoms with Crippen LogP contribution in [0.4, 0.5) is 0 Å². The van der Waals surface area contributed by atoms with E-state index in [9.17, 15) is 0 Å². The number of rotatable bonds is 1. The Morgan fingerprint density at radius 3 is 2.43 bits per heavy atom. The first-order chi connectivity index (χ1) is 3.31. The van der Waals surface area contributed by atoms with Gasteiger partial charge in [-0.25, -0.2) is 0 Å². The Morgan fingerprint density at radius 2 is 2.29 bits per heavy atom. The van der Waals surface area contributed by atoms with Gasteiger partial charge in [-0.3, -0.25) is 4.99 Å². The molecule has 0 N–H and O–H groups in total. The summed E-state index contributed by atoms with van der Waals surface area (Å²) >= 11 is 1.78. The van der Waals surface area contributed by atoms with Crippen molar-refractivity contribution in [2.75, 3.05) is 12.8 Å². The summed E-state index contributed by atoms with van der Waals surface area (Å²) in [5.41, 5.74) is 0. The number of thioether (sulfide) groups is 1. The Hall–Kier alpha value is 0.0200. The molecule has 0 saturated carbocycles. The van der Waals surface area contributed by atoms with Crippen LogP contribution in [0.3, 0.4) is 0 Å². The molecule has 42 valence electrons. The van der Waals surface area contributed by atoms with E-state index >= 15 is 0 Å². The van der Waals surface area contributed by atoms with Gasteiger partial charge in [-0.2, -0.15) is 0 Å². The molecule has 0 bridgehead atoms. The molecular weight excluding hydrogens is 106 g/mol. The standard InChI is InChI=1S/C5H11NS/c1-4-7-5(2)6-3/h4H2,1-3H3/b6-5-. The zero-order valence-electron chi connectivity index (χ0n) is 5.06. The average molecular weight is 117 g/mol. The molecule has 0 aliphatic heterocycles. The lowest BCUT2D eigenvalue weighted by Gasteiger charge is -1.89. The van der Waals surface area contributed by atoms with Crippen molar-refractivity contribution < 1.29 is 0 Å². The molecular formula is C5H11NS. The summed E-state index contributed by atoms with van der Waals surface area (Å²) in [6.07, 6.45) is 0. The van der Waals surface area contributed by atoms with Crippen LogP contribution < -0.4 is 0 Å². The molecule has 0 unspecified atom stereocenters. The molecule has 0 atom stereocenters. The first-order valence-electron chi connectivity index (χ1n) is 2.37. The van der Waals surface area contributed by atoms with Crippen molar-refractivity contribution in [3.8, 4) is 0 Å². The summed E-state index contributed by atoms with van der Waals surface area (Å²) in [6.45, 7) is 4.15. The predicted octanol–water partition coefficient (Wildman–Crippen LogP) is 1.79. The summed E-state index contributed by atoms with van der Waals surface area (Å²) in [5, 5.41) is 1.17. The number of hydrogen-bond donors (Lipinski definition) is 0. The van der Waals surface area contributed by atoms with E-state index in [2.05, 4.69) is 11.9 Å². The Balaban J connectivity index is 3.17. The van der Waals surface area contributed by atoms with E-state index < -0.39 is 0 Å². The topological polar surface area (TPSA) is 12.4 Å². The minimum Gasteiger partial charge on any atom is -0.287 e. The summed E-state index contributed by atoms with van der Waals surface area (Å²) in [6, 6.07) is 0. The monoisotopic (exact) mass is 117 g/mol. The van der Waals surface area contributed by atoms with E-state index in [1.54, 1.807) is 11.8 Å². The first-order valence-corrected chi connectivity index (χ1v) is 3.36. The molecule has 0 aliphatic rings. The number of aliphatic imine (C=N–C) groups is 1. The number of hydrogen-bond acceptors (Lipinski definition) is 2. The fourth-order valence-corrected chi connectivity index (χ4v) is 0.820. The van der Waals surface area contributed by atoms with Gasteiger partial charge in [0.2, 0.25) is 0 Å². The van der Waals surface area contributed by atoms with E-state index in [1.165, 1.54) is 5.04 Å². The van der Waals surface area contributed by atoms with Crippen LogP contribution in [0.5, 0.6) is 0 Å². The second-order valence-corrected chi connectivity index (χ2v) is 2.63. The van der Waals surface area contributed by atoms with Crippen molar-refractivity contribution in [2.24, 2.45) is 4.99 Å². The molecule has 0 saturated heterocycles. The lowest BCUT2D eigenvalue weighted by atomic mass is 10.9. The molecule has 0 aromatic rings. The average Bonchev–Trinajstić information content (AvgIpc) is 1.68. The molecule has 2 heteroatoms. The van der Waals surface area contributed by atoms with Crippen molar-refractivity contribution in [2.45, 2.75) is 13.8 Å². The fourth-order valence-electron chi connectivity index (χ4n) is 0.273. The molecule has 0 radical (unpaired) electrons. The molecule has 0 fully saturated rings. The van der Waals surface area contributed by atoms with Crippen molar-refractivity contribution in [3.05, 3.63) is 0 Å². The maximum Gasteiger partial charge on any atom is 0.0641 e. The van der Waals surface area contributed by atoms with Gasteiger partial charge in [0.1, 0.15) is 0 Å². The molecule has 0 aliphatic carbocycles. The minimum absolute atomic E-state index is 1.13. The lowest BCUT2D eigenvalue weighted by molar-refractivity contribution is 1.45. The normalized spacial score (nSPS) is 12.1. The quantitative estimate of drug-likeness (QED) is 0.377. The van der Waals surface area contributed by atoms with Gasteiger partial charge in [0.05, 0.1) is 5.04 Å². The summed E-state index contributed by atoms with van der Waals surface area (Å²) in [4.78, 5) is 3.96. The predicted molar refractivity (Wildman–Crippen MR) is 37.2 cm³/mol. The van der Waals surface area contributed by atoms with Crippen LogP contribution in [-0.4, -0.2) is 17.8 Å². The van der Waals surface area contributed by atoms with Crippen molar-refractivity contribution in [1.82, 2.24) is 0 Å². The molecule has 0 rings (SSSR count). The minimum atomic E-state index is 1.13. The summed E-state index contributed by atoms with van der Waals surface area (Å²) in [5.74, 6) is 1.13. The van der Waals surface area contributed by atoms with Crippen molar-refractivity contribution >= 4 is 16.8 Å². The van der Waals surface area contributed by atoms with Crippen LogP contribution in [0.15, 0.2) is 4.99 Å². The third kappa shape index (κ3) is 3.86.